The maximum atomic E-state index is 11.3. The average molecular weight is 247 g/mol. The molecule has 0 spiro atoms. The molecule has 0 saturated carbocycles. The van der Waals surface area contributed by atoms with Gasteiger partial charge in [-0.25, -0.2) is 0 Å². The summed E-state index contributed by atoms with van der Waals surface area (Å²) in [5, 5.41) is 3.08. The monoisotopic (exact) mass is 247 g/mol. The molecule has 0 aromatic rings. The van der Waals surface area contributed by atoms with Crippen molar-refractivity contribution in [3.8, 4) is 0 Å². The van der Waals surface area contributed by atoms with E-state index in [9.17, 15) is 4.79 Å². The first kappa shape index (κ1) is 14.7. The Balaban J connectivity index is 2.74. The molecule has 1 rings (SSSR count). The lowest BCUT2D eigenvalue weighted by Crippen LogP contribution is -2.38. The van der Waals surface area contributed by atoms with Gasteiger partial charge in [0, 0.05) is 13.0 Å². The molecule has 2 atom stereocenters. The highest BCUT2D eigenvalue weighted by molar-refractivity contribution is 5.73. The maximum Gasteiger partial charge on any atom is 0.217 e. The van der Waals surface area contributed by atoms with E-state index < -0.39 is 0 Å². The number of hydrogen-bond donors (Lipinski definition) is 1. The van der Waals surface area contributed by atoms with E-state index in [1.807, 2.05) is 0 Å². The Labute approximate surface area is 111 Å². The quantitative estimate of drug-likeness (QED) is 0.729. The predicted molar refractivity (Wildman–Crippen MR) is 77.3 cm³/mol. The molecule has 1 aliphatic rings. The third-order valence-corrected chi connectivity index (χ3v) is 3.33. The van der Waals surface area contributed by atoms with E-state index in [1.54, 1.807) is 6.92 Å². The zero-order valence-corrected chi connectivity index (χ0v) is 11.8. The largest absolute Gasteiger partial charge is 0.353 e. The molecule has 2 unspecified atom stereocenters. The van der Waals surface area contributed by atoms with Gasteiger partial charge in [0.15, 0.2) is 0 Å². The molecular formula is C16H25NO. The predicted octanol–water partition coefficient (Wildman–Crippen LogP) is 3.76. The van der Waals surface area contributed by atoms with Crippen LogP contribution in [0.15, 0.2) is 36.0 Å². The first-order chi connectivity index (χ1) is 8.67. The van der Waals surface area contributed by atoms with E-state index in [0.29, 0.717) is 5.92 Å². The van der Waals surface area contributed by atoms with Crippen molar-refractivity contribution in [3.63, 3.8) is 0 Å². The van der Waals surface area contributed by atoms with E-state index in [0.717, 1.165) is 12.8 Å². The van der Waals surface area contributed by atoms with E-state index in [-0.39, 0.29) is 11.9 Å². The molecule has 0 aromatic heterocycles. The molecule has 0 fully saturated rings. The Morgan fingerprint density at radius 1 is 1.33 bits per heavy atom. The molecule has 0 bridgehead atoms. The zero-order valence-electron chi connectivity index (χ0n) is 11.8. The summed E-state index contributed by atoms with van der Waals surface area (Å²) in [7, 11) is 0. The van der Waals surface area contributed by atoms with Crippen LogP contribution in [0.3, 0.4) is 0 Å². The van der Waals surface area contributed by atoms with Gasteiger partial charge in [0.25, 0.3) is 0 Å². The van der Waals surface area contributed by atoms with Gasteiger partial charge in [-0.05, 0) is 24.3 Å². The van der Waals surface area contributed by atoms with Gasteiger partial charge in [-0.1, -0.05) is 57.1 Å². The Morgan fingerprint density at radius 2 is 2.00 bits per heavy atom. The Hall–Kier alpha value is -1.31. The number of unbranched alkanes of at least 4 members (excludes halogenated alkanes) is 1. The molecule has 0 radical (unpaired) electrons. The zero-order chi connectivity index (χ0) is 13.4. The molecule has 1 aliphatic carbocycles. The second-order valence-electron chi connectivity index (χ2n) is 4.91. The molecule has 1 amide bonds. The van der Waals surface area contributed by atoms with Crippen LogP contribution < -0.4 is 5.32 Å². The normalized spacial score (nSPS) is 16.7. The maximum absolute atomic E-state index is 11.3. The Kier molecular flexibility index (Phi) is 6.48. The number of allylic oxidation sites excluding steroid dienone is 5. The minimum atomic E-state index is 0.0688. The van der Waals surface area contributed by atoms with Crippen LogP contribution in [0.5, 0.6) is 0 Å². The highest BCUT2D eigenvalue weighted by Crippen LogP contribution is 2.21. The van der Waals surface area contributed by atoms with Gasteiger partial charge in [0.1, 0.15) is 0 Å². The van der Waals surface area contributed by atoms with Crippen LogP contribution in [0.2, 0.25) is 0 Å². The fourth-order valence-corrected chi connectivity index (χ4v) is 2.36. The molecule has 100 valence electrons. The van der Waals surface area contributed by atoms with E-state index in [4.69, 9.17) is 0 Å². The van der Waals surface area contributed by atoms with Gasteiger partial charge in [-0.2, -0.15) is 0 Å². The van der Waals surface area contributed by atoms with Crippen molar-refractivity contribution >= 4 is 5.91 Å². The first-order valence-electron chi connectivity index (χ1n) is 7.01. The van der Waals surface area contributed by atoms with Gasteiger partial charge >= 0.3 is 0 Å². The van der Waals surface area contributed by atoms with Crippen LogP contribution in [0.4, 0.5) is 0 Å². The lowest BCUT2D eigenvalue weighted by Gasteiger charge is -2.24. The molecule has 0 saturated heterocycles. The van der Waals surface area contributed by atoms with Crippen molar-refractivity contribution in [2.24, 2.45) is 5.92 Å². The number of rotatable bonds is 7. The summed E-state index contributed by atoms with van der Waals surface area (Å²) in [6, 6.07) is 0.254. The number of nitrogens with one attached hydrogen (secondary N) is 1. The molecule has 1 N–H and O–H groups in total. The first-order valence-corrected chi connectivity index (χ1v) is 7.01. The topological polar surface area (TPSA) is 29.1 Å². The van der Waals surface area contributed by atoms with Crippen molar-refractivity contribution in [2.45, 2.75) is 52.5 Å². The van der Waals surface area contributed by atoms with Crippen molar-refractivity contribution in [2.75, 3.05) is 0 Å². The van der Waals surface area contributed by atoms with Crippen LogP contribution in [-0.2, 0) is 4.79 Å². The van der Waals surface area contributed by atoms with Crippen LogP contribution >= 0.6 is 0 Å². The summed E-state index contributed by atoms with van der Waals surface area (Å²) in [5.74, 6) is 0.500. The van der Waals surface area contributed by atoms with Crippen LogP contribution in [0, 0.1) is 5.92 Å². The highest BCUT2D eigenvalue weighted by Gasteiger charge is 2.18. The van der Waals surface area contributed by atoms with Gasteiger partial charge in [-0.3, -0.25) is 4.79 Å². The summed E-state index contributed by atoms with van der Waals surface area (Å²) in [6.07, 6.45) is 15.2. The minimum Gasteiger partial charge on any atom is -0.353 e. The van der Waals surface area contributed by atoms with Crippen molar-refractivity contribution in [1.29, 1.82) is 0 Å². The van der Waals surface area contributed by atoms with Gasteiger partial charge in [0.2, 0.25) is 5.91 Å². The number of amides is 1. The lowest BCUT2D eigenvalue weighted by atomic mass is 9.90. The smallest absolute Gasteiger partial charge is 0.217 e. The van der Waals surface area contributed by atoms with Gasteiger partial charge in [-0.15, -0.1) is 0 Å². The fourth-order valence-electron chi connectivity index (χ4n) is 2.36. The molecule has 0 aromatic carbocycles. The van der Waals surface area contributed by atoms with Gasteiger partial charge in [0.05, 0.1) is 0 Å². The fraction of sp³-hybridized carbons (Fsp3) is 0.562. The third-order valence-electron chi connectivity index (χ3n) is 3.33. The summed E-state index contributed by atoms with van der Waals surface area (Å²) in [4.78, 5) is 11.3. The SMILES string of the molecule is CCCCC(C=C1C=CC=C1)C(CC)NC(C)=O. The molecule has 2 heteroatoms. The van der Waals surface area contributed by atoms with Crippen molar-refractivity contribution in [1.82, 2.24) is 5.32 Å². The van der Waals surface area contributed by atoms with E-state index in [2.05, 4.69) is 49.5 Å². The summed E-state index contributed by atoms with van der Waals surface area (Å²) >= 11 is 0. The minimum absolute atomic E-state index is 0.0688. The highest BCUT2D eigenvalue weighted by atomic mass is 16.1. The second kappa shape index (κ2) is 7.91. The molecule has 18 heavy (non-hydrogen) atoms. The second-order valence-corrected chi connectivity index (χ2v) is 4.91. The lowest BCUT2D eigenvalue weighted by molar-refractivity contribution is -0.119. The van der Waals surface area contributed by atoms with Crippen LogP contribution in [0.1, 0.15) is 46.5 Å². The Bertz CT molecular complexity index is 338. The van der Waals surface area contributed by atoms with Crippen molar-refractivity contribution in [3.05, 3.63) is 36.0 Å². The van der Waals surface area contributed by atoms with Crippen molar-refractivity contribution < 1.29 is 4.79 Å². The summed E-state index contributed by atoms with van der Waals surface area (Å²) < 4.78 is 0. The number of hydrogen-bond acceptors (Lipinski definition) is 1. The molecule has 0 aliphatic heterocycles. The number of carbonyl (C=O) groups excluding carboxylic acids is 1. The van der Waals surface area contributed by atoms with Gasteiger partial charge < -0.3 is 5.32 Å². The molecular weight excluding hydrogens is 222 g/mol. The van der Waals surface area contributed by atoms with E-state index >= 15 is 0 Å². The summed E-state index contributed by atoms with van der Waals surface area (Å²) in [6.45, 7) is 5.94. The molecule has 0 heterocycles. The van der Waals surface area contributed by atoms with E-state index in [1.165, 1.54) is 18.4 Å². The third kappa shape index (κ3) is 4.91. The molecule has 2 nitrogen and oxygen atoms in total. The standard InChI is InChI=1S/C16H25NO/c1-4-6-11-15(12-14-9-7-8-10-14)16(5-2)17-13(3)18/h7-10,12,15-16H,4-6,11H2,1-3H3,(H,17,18). The average Bonchev–Trinajstić information content (AvgIpc) is 2.84. The number of carbonyl (C=O) groups is 1. The summed E-state index contributed by atoms with van der Waals surface area (Å²) in [5.41, 5.74) is 1.26. The van der Waals surface area contributed by atoms with Crippen LogP contribution in [0.25, 0.3) is 0 Å². The van der Waals surface area contributed by atoms with Crippen LogP contribution in [-0.4, -0.2) is 11.9 Å². The Morgan fingerprint density at radius 3 is 2.50 bits per heavy atom.